The molecule has 5 aliphatic rings. The predicted molar refractivity (Wildman–Crippen MR) is 107 cm³/mol. The molecule has 1 amide bonds. The highest BCUT2D eigenvalue weighted by Crippen LogP contribution is 2.60. The number of carbonyl (C=O) groups is 1. The zero-order valence-corrected chi connectivity index (χ0v) is 16.3. The average Bonchev–Trinajstić information content (AvgIpc) is 3.14. The smallest absolute Gasteiger partial charge is 0.223 e. The number of nitrogens with two attached hydrogens (primary N) is 1. The lowest BCUT2D eigenvalue weighted by Crippen LogP contribution is -2.82. The number of benzene rings is 1. The third kappa shape index (κ3) is 2.61. The third-order valence-corrected chi connectivity index (χ3v) is 7.36. The fourth-order valence-corrected chi connectivity index (χ4v) is 6.03. The lowest BCUT2D eigenvalue weighted by molar-refractivity contribution is -0.140. The van der Waals surface area contributed by atoms with E-state index in [1.54, 1.807) is 18.3 Å². The average molecular weight is 393 g/mol. The summed E-state index contributed by atoms with van der Waals surface area (Å²) in [6.07, 6.45) is 7.44. The molecule has 1 aromatic carbocycles. The zero-order valence-electron chi connectivity index (χ0n) is 16.3. The number of hydrogen-bond donors (Lipinski definition) is 2. The minimum Gasteiger partial charge on any atom is -0.486 e. The molecule has 2 bridgehead atoms. The van der Waals surface area contributed by atoms with E-state index in [2.05, 4.69) is 16.4 Å². The largest absolute Gasteiger partial charge is 0.486 e. The van der Waals surface area contributed by atoms with Crippen molar-refractivity contribution in [2.24, 2.45) is 23.5 Å². The van der Waals surface area contributed by atoms with Gasteiger partial charge in [0, 0.05) is 28.6 Å². The Morgan fingerprint density at radius 1 is 1.34 bits per heavy atom. The van der Waals surface area contributed by atoms with E-state index in [1.165, 1.54) is 17.7 Å². The number of aromatic nitrogens is 1. The van der Waals surface area contributed by atoms with E-state index in [-0.39, 0.29) is 34.8 Å². The van der Waals surface area contributed by atoms with Gasteiger partial charge in [-0.3, -0.25) is 9.78 Å². The number of fused-ring (bicyclic) bond motifs is 2. The lowest BCUT2D eigenvalue weighted by atomic mass is 9.44. The standard InChI is InChI=1S/C23H24FN3O2/c1-12(21(28)27-23-9-22(25,10-23)11-23)20-15-7-14(8-16(15)20)29-19-4-5-26-18-3-2-13(24)6-17(18)19/h2-7,12,14,16,20H,8-11,25H2,1H3,(H,27,28)/t12?,14-,16+,20+,22?,23?/m0/s1. The molecule has 1 heterocycles. The summed E-state index contributed by atoms with van der Waals surface area (Å²) in [5, 5.41) is 3.94. The van der Waals surface area contributed by atoms with Crippen LogP contribution in [0.4, 0.5) is 4.39 Å². The van der Waals surface area contributed by atoms with Crippen LogP contribution in [0.25, 0.3) is 10.9 Å². The fourth-order valence-electron chi connectivity index (χ4n) is 6.03. The molecule has 150 valence electrons. The van der Waals surface area contributed by atoms with Gasteiger partial charge in [-0.15, -0.1) is 0 Å². The molecule has 1 aromatic heterocycles. The molecule has 4 saturated carbocycles. The number of nitrogens with one attached hydrogen (secondary N) is 1. The van der Waals surface area contributed by atoms with Gasteiger partial charge in [-0.1, -0.05) is 12.5 Å². The summed E-state index contributed by atoms with van der Waals surface area (Å²) in [6, 6.07) is 6.32. The summed E-state index contributed by atoms with van der Waals surface area (Å²) in [7, 11) is 0. The van der Waals surface area contributed by atoms with E-state index in [1.807, 2.05) is 6.92 Å². The van der Waals surface area contributed by atoms with Crippen LogP contribution in [-0.4, -0.2) is 28.1 Å². The quantitative estimate of drug-likeness (QED) is 0.766. The Morgan fingerprint density at radius 3 is 2.83 bits per heavy atom. The highest BCUT2D eigenvalue weighted by molar-refractivity contribution is 5.85. The molecule has 6 heteroatoms. The Hall–Kier alpha value is -2.47. The highest BCUT2D eigenvalue weighted by Gasteiger charge is 2.67. The molecule has 0 spiro atoms. The number of carbonyl (C=O) groups excluding carboxylic acids is 1. The van der Waals surface area contributed by atoms with Gasteiger partial charge in [0.05, 0.1) is 5.52 Å². The zero-order chi connectivity index (χ0) is 20.0. The van der Waals surface area contributed by atoms with Crippen LogP contribution in [0.3, 0.4) is 0 Å². The van der Waals surface area contributed by atoms with Crippen molar-refractivity contribution >= 4 is 16.8 Å². The van der Waals surface area contributed by atoms with Gasteiger partial charge in [0.25, 0.3) is 0 Å². The molecule has 7 rings (SSSR count). The van der Waals surface area contributed by atoms with E-state index < -0.39 is 0 Å². The molecule has 4 atom stereocenters. The Balaban J connectivity index is 1.12. The van der Waals surface area contributed by atoms with Crippen LogP contribution >= 0.6 is 0 Å². The van der Waals surface area contributed by atoms with Crippen LogP contribution in [0.15, 0.2) is 42.1 Å². The molecule has 29 heavy (non-hydrogen) atoms. The number of nitrogens with zero attached hydrogens (tertiary/aromatic N) is 1. The number of halogens is 1. The monoisotopic (exact) mass is 393 g/mol. The minimum atomic E-state index is -0.299. The second-order valence-corrected chi connectivity index (χ2v) is 9.61. The van der Waals surface area contributed by atoms with E-state index in [0.717, 1.165) is 31.2 Å². The summed E-state index contributed by atoms with van der Waals surface area (Å²) in [5.41, 5.74) is 8.13. The first kappa shape index (κ1) is 17.4. The summed E-state index contributed by atoms with van der Waals surface area (Å²) in [5.74, 6) is 1.22. The Labute approximate surface area is 168 Å². The van der Waals surface area contributed by atoms with Crippen molar-refractivity contribution in [2.75, 3.05) is 0 Å². The van der Waals surface area contributed by atoms with Crippen LogP contribution in [-0.2, 0) is 4.79 Å². The van der Waals surface area contributed by atoms with Gasteiger partial charge in [-0.25, -0.2) is 4.39 Å². The molecule has 0 saturated heterocycles. The van der Waals surface area contributed by atoms with Crippen LogP contribution in [0.2, 0.25) is 0 Å². The number of amides is 1. The maximum absolute atomic E-state index is 13.6. The van der Waals surface area contributed by atoms with Gasteiger partial charge in [0.1, 0.15) is 17.7 Å². The van der Waals surface area contributed by atoms with Gasteiger partial charge in [-0.05, 0) is 67.9 Å². The molecule has 3 N–H and O–H groups in total. The number of ether oxygens (including phenoxy) is 1. The van der Waals surface area contributed by atoms with E-state index in [4.69, 9.17) is 10.5 Å². The first-order chi connectivity index (χ1) is 13.8. The number of pyridine rings is 1. The minimum absolute atomic E-state index is 0.000258. The first-order valence-corrected chi connectivity index (χ1v) is 10.4. The predicted octanol–water partition coefficient (Wildman–Crippen LogP) is 3.08. The lowest BCUT2D eigenvalue weighted by Gasteiger charge is -2.69. The van der Waals surface area contributed by atoms with Crippen molar-refractivity contribution in [3.63, 3.8) is 0 Å². The topological polar surface area (TPSA) is 77.2 Å². The van der Waals surface area contributed by atoms with Crippen molar-refractivity contribution in [2.45, 2.75) is 49.8 Å². The van der Waals surface area contributed by atoms with Gasteiger partial charge in [0.15, 0.2) is 0 Å². The van der Waals surface area contributed by atoms with Crippen LogP contribution < -0.4 is 15.8 Å². The Morgan fingerprint density at radius 2 is 2.14 bits per heavy atom. The Kier molecular flexibility index (Phi) is 3.34. The van der Waals surface area contributed by atoms with Crippen molar-refractivity contribution in [1.29, 1.82) is 0 Å². The molecule has 4 fully saturated rings. The molecule has 2 aromatic rings. The van der Waals surface area contributed by atoms with Crippen molar-refractivity contribution in [1.82, 2.24) is 10.3 Å². The second kappa shape index (κ2) is 5.57. The van der Waals surface area contributed by atoms with Crippen LogP contribution in [0.1, 0.15) is 32.6 Å². The van der Waals surface area contributed by atoms with E-state index in [9.17, 15) is 9.18 Å². The summed E-state index contributed by atoms with van der Waals surface area (Å²) in [6.45, 7) is 2.03. The molecule has 1 unspecified atom stereocenters. The van der Waals surface area contributed by atoms with Crippen LogP contribution in [0.5, 0.6) is 5.75 Å². The van der Waals surface area contributed by atoms with Gasteiger partial charge in [-0.2, -0.15) is 0 Å². The van der Waals surface area contributed by atoms with Gasteiger partial charge >= 0.3 is 0 Å². The van der Waals surface area contributed by atoms with Crippen molar-refractivity contribution in [3.05, 3.63) is 47.9 Å². The maximum atomic E-state index is 13.6. The second-order valence-electron chi connectivity index (χ2n) is 9.61. The maximum Gasteiger partial charge on any atom is 0.223 e. The SMILES string of the molecule is CC(C(=O)NC12CC(N)(C1)C2)[C@@H]1C2=C[C@H](Oc3ccnc4ccc(F)cc34)C[C@H]21. The Bertz CT molecular complexity index is 1060. The molecular weight excluding hydrogens is 369 g/mol. The summed E-state index contributed by atoms with van der Waals surface area (Å²) in [4.78, 5) is 17.0. The molecule has 0 radical (unpaired) electrons. The summed E-state index contributed by atoms with van der Waals surface area (Å²) >= 11 is 0. The first-order valence-electron chi connectivity index (χ1n) is 10.4. The van der Waals surface area contributed by atoms with Crippen molar-refractivity contribution < 1.29 is 13.9 Å². The van der Waals surface area contributed by atoms with Gasteiger partial charge in [0.2, 0.25) is 5.91 Å². The number of allylic oxidation sites excluding steroid dienone is 1. The number of hydrogen-bond acceptors (Lipinski definition) is 4. The molecule has 5 aliphatic carbocycles. The third-order valence-electron chi connectivity index (χ3n) is 7.36. The van der Waals surface area contributed by atoms with E-state index in [0.29, 0.717) is 23.0 Å². The summed E-state index contributed by atoms with van der Waals surface area (Å²) < 4.78 is 19.8. The van der Waals surface area contributed by atoms with E-state index >= 15 is 0 Å². The molecule has 0 aliphatic heterocycles. The van der Waals surface area contributed by atoms with Crippen molar-refractivity contribution in [3.8, 4) is 5.75 Å². The van der Waals surface area contributed by atoms with Crippen LogP contribution in [0, 0.1) is 23.6 Å². The van der Waals surface area contributed by atoms with Gasteiger partial charge < -0.3 is 15.8 Å². The fraction of sp³-hybridized carbons (Fsp3) is 0.478. The molecule has 5 nitrogen and oxygen atoms in total. The number of rotatable bonds is 5. The normalized spacial score (nSPS) is 37.1. The highest BCUT2D eigenvalue weighted by atomic mass is 19.1. The molecular formula is C23H24FN3O2.